The van der Waals surface area contributed by atoms with E-state index in [1.807, 2.05) is 12.2 Å². The van der Waals surface area contributed by atoms with E-state index in [1.165, 1.54) is 24.0 Å². The summed E-state index contributed by atoms with van der Waals surface area (Å²) in [6.45, 7) is 16.1. The topological polar surface area (TPSA) is 0 Å². The van der Waals surface area contributed by atoms with Crippen LogP contribution in [0.2, 0.25) is 0 Å². The molecule has 1 aliphatic rings. The zero-order valence-electron chi connectivity index (χ0n) is 16.0. The Kier molecular flexibility index (Phi) is 7.51. The Morgan fingerprint density at radius 3 is 2.35 bits per heavy atom. The van der Waals surface area contributed by atoms with Crippen molar-refractivity contribution in [3.05, 3.63) is 47.1 Å². The van der Waals surface area contributed by atoms with Gasteiger partial charge in [-0.3, -0.25) is 0 Å². The molecular weight excluding hydrogens is 283 g/mol. The minimum Gasteiger partial charge on any atom is -0.240 e. The molecule has 23 heavy (non-hydrogen) atoms. The third-order valence-electron chi connectivity index (χ3n) is 5.33. The number of alkyl halides is 1. The predicted molar refractivity (Wildman–Crippen MR) is 101 cm³/mol. The van der Waals surface area contributed by atoms with Crippen molar-refractivity contribution in [2.24, 2.45) is 11.8 Å². The molecule has 0 saturated carbocycles. The first kappa shape index (κ1) is 19.9. The van der Waals surface area contributed by atoms with Crippen LogP contribution < -0.4 is 0 Å². The monoisotopic (exact) mass is 318 g/mol. The van der Waals surface area contributed by atoms with Crippen molar-refractivity contribution in [3.8, 4) is 0 Å². The van der Waals surface area contributed by atoms with Crippen LogP contribution in [0, 0.1) is 11.8 Å². The smallest absolute Gasteiger partial charge is 0.127 e. The average Bonchev–Trinajstić information content (AvgIpc) is 2.49. The average molecular weight is 319 g/mol. The second-order valence-corrected chi connectivity index (χ2v) is 7.46. The van der Waals surface area contributed by atoms with E-state index in [0.717, 1.165) is 36.3 Å². The van der Waals surface area contributed by atoms with Gasteiger partial charge in [0.2, 0.25) is 0 Å². The highest BCUT2D eigenvalue weighted by atomic mass is 19.1. The fourth-order valence-electron chi connectivity index (χ4n) is 3.76. The van der Waals surface area contributed by atoms with Crippen molar-refractivity contribution >= 4 is 0 Å². The zero-order chi connectivity index (χ0) is 17.6. The minimum atomic E-state index is -1.23. The first-order valence-electron chi connectivity index (χ1n) is 9.17. The molecular formula is C22H35F. The SMILES string of the molecule is C=C/C=C\C1=C(C(CC)CC(C)CC)CCC(C(C)(C)F)=C1C. The summed E-state index contributed by atoms with van der Waals surface area (Å²) in [6.07, 6.45) is 11.4. The van der Waals surface area contributed by atoms with E-state index in [1.54, 1.807) is 13.8 Å². The van der Waals surface area contributed by atoms with Gasteiger partial charge in [-0.2, -0.15) is 0 Å². The molecule has 0 N–H and O–H groups in total. The van der Waals surface area contributed by atoms with Crippen LogP contribution in [0.4, 0.5) is 4.39 Å². The van der Waals surface area contributed by atoms with Crippen molar-refractivity contribution < 1.29 is 4.39 Å². The van der Waals surface area contributed by atoms with E-state index < -0.39 is 5.67 Å². The molecule has 0 aromatic heterocycles. The van der Waals surface area contributed by atoms with Crippen LogP contribution in [-0.2, 0) is 0 Å². The Labute approximate surface area is 143 Å². The lowest BCUT2D eigenvalue weighted by Crippen LogP contribution is -2.22. The molecule has 0 nitrogen and oxygen atoms in total. The van der Waals surface area contributed by atoms with Crippen molar-refractivity contribution in [1.29, 1.82) is 0 Å². The summed E-state index contributed by atoms with van der Waals surface area (Å²) in [5, 5.41) is 0. The number of hydrogen-bond acceptors (Lipinski definition) is 0. The van der Waals surface area contributed by atoms with E-state index >= 15 is 0 Å². The van der Waals surface area contributed by atoms with Crippen molar-refractivity contribution in [2.75, 3.05) is 0 Å². The fraction of sp³-hybridized carbons (Fsp3) is 0.636. The number of rotatable bonds is 8. The van der Waals surface area contributed by atoms with Crippen LogP contribution in [0.1, 0.15) is 73.6 Å². The molecule has 2 unspecified atom stereocenters. The third-order valence-corrected chi connectivity index (χ3v) is 5.33. The van der Waals surface area contributed by atoms with Crippen LogP contribution in [0.5, 0.6) is 0 Å². The van der Waals surface area contributed by atoms with E-state index in [-0.39, 0.29) is 0 Å². The van der Waals surface area contributed by atoms with E-state index in [2.05, 4.69) is 40.3 Å². The lowest BCUT2D eigenvalue weighted by Gasteiger charge is -2.33. The van der Waals surface area contributed by atoms with Gasteiger partial charge in [0.15, 0.2) is 0 Å². The quantitative estimate of drug-likeness (QED) is 0.410. The number of hydrogen-bond donors (Lipinski definition) is 0. The van der Waals surface area contributed by atoms with Crippen molar-refractivity contribution in [3.63, 3.8) is 0 Å². The molecule has 0 amide bonds. The summed E-state index contributed by atoms with van der Waals surface area (Å²) in [5.74, 6) is 1.34. The lowest BCUT2D eigenvalue weighted by molar-refractivity contribution is 0.257. The Morgan fingerprint density at radius 2 is 1.87 bits per heavy atom. The molecule has 2 atom stereocenters. The molecule has 0 saturated heterocycles. The Bertz CT molecular complexity index is 497. The number of halogens is 1. The van der Waals surface area contributed by atoms with Gasteiger partial charge in [-0.25, -0.2) is 4.39 Å². The van der Waals surface area contributed by atoms with Crippen LogP contribution in [0.3, 0.4) is 0 Å². The summed E-state index contributed by atoms with van der Waals surface area (Å²) in [5.41, 5.74) is 3.65. The molecule has 0 spiro atoms. The first-order chi connectivity index (χ1) is 10.8. The number of allylic oxidation sites excluding steroid dienone is 7. The first-order valence-corrected chi connectivity index (χ1v) is 9.17. The zero-order valence-corrected chi connectivity index (χ0v) is 16.0. The molecule has 1 heteroatoms. The molecule has 1 rings (SSSR count). The predicted octanol–water partition coefficient (Wildman–Crippen LogP) is 7.35. The minimum absolute atomic E-state index is 0.605. The molecule has 0 bridgehead atoms. The highest BCUT2D eigenvalue weighted by Gasteiger charge is 2.30. The van der Waals surface area contributed by atoms with Crippen molar-refractivity contribution in [1.82, 2.24) is 0 Å². The normalized spacial score (nSPS) is 19.4. The highest BCUT2D eigenvalue weighted by Crippen LogP contribution is 2.42. The molecule has 0 aliphatic heterocycles. The van der Waals surface area contributed by atoms with Gasteiger partial charge in [0, 0.05) is 0 Å². The molecule has 0 heterocycles. The van der Waals surface area contributed by atoms with Gasteiger partial charge in [-0.05, 0) is 75.0 Å². The Balaban J connectivity index is 3.34. The molecule has 1 aliphatic carbocycles. The Hall–Kier alpha value is -1.11. The highest BCUT2D eigenvalue weighted by molar-refractivity contribution is 5.51. The van der Waals surface area contributed by atoms with Gasteiger partial charge in [0.05, 0.1) is 0 Å². The van der Waals surface area contributed by atoms with Crippen LogP contribution in [0.15, 0.2) is 47.1 Å². The van der Waals surface area contributed by atoms with Gasteiger partial charge in [0.1, 0.15) is 5.67 Å². The molecule has 0 aromatic carbocycles. The van der Waals surface area contributed by atoms with E-state index in [9.17, 15) is 4.39 Å². The molecule has 0 fully saturated rings. The largest absolute Gasteiger partial charge is 0.240 e. The summed E-state index contributed by atoms with van der Waals surface area (Å²) in [7, 11) is 0. The van der Waals surface area contributed by atoms with E-state index in [0.29, 0.717) is 5.92 Å². The van der Waals surface area contributed by atoms with Gasteiger partial charge < -0.3 is 0 Å². The molecule has 130 valence electrons. The van der Waals surface area contributed by atoms with Gasteiger partial charge in [-0.1, -0.05) is 57.6 Å². The maximum Gasteiger partial charge on any atom is 0.127 e. The second-order valence-electron chi connectivity index (χ2n) is 7.46. The summed E-state index contributed by atoms with van der Waals surface area (Å²) < 4.78 is 14.6. The second kappa shape index (κ2) is 8.66. The van der Waals surface area contributed by atoms with Gasteiger partial charge in [0.25, 0.3) is 0 Å². The van der Waals surface area contributed by atoms with Crippen LogP contribution in [-0.4, -0.2) is 5.67 Å². The summed E-state index contributed by atoms with van der Waals surface area (Å²) >= 11 is 0. The lowest BCUT2D eigenvalue weighted by atomic mass is 9.74. The molecule has 0 radical (unpaired) electrons. The third kappa shape index (κ3) is 5.19. The maximum absolute atomic E-state index is 14.6. The summed E-state index contributed by atoms with van der Waals surface area (Å²) in [4.78, 5) is 0. The fourth-order valence-corrected chi connectivity index (χ4v) is 3.76. The van der Waals surface area contributed by atoms with Crippen LogP contribution in [0.25, 0.3) is 0 Å². The molecule has 0 aromatic rings. The van der Waals surface area contributed by atoms with E-state index in [4.69, 9.17) is 0 Å². The Morgan fingerprint density at radius 1 is 1.22 bits per heavy atom. The summed E-state index contributed by atoms with van der Waals surface area (Å²) in [6, 6.07) is 0. The van der Waals surface area contributed by atoms with Crippen LogP contribution >= 0.6 is 0 Å². The maximum atomic E-state index is 14.6. The standard InChI is InChI=1S/C22H35F/c1-8-11-12-19-17(5)21(22(6,7)23)14-13-20(19)18(10-3)15-16(4)9-2/h8,11-12,16,18H,1,9-10,13-15H2,2-7H3/b12-11-. The van der Waals surface area contributed by atoms with Gasteiger partial charge >= 0.3 is 0 Å². The van der Waals surface area contributed by atoms with Gasteiger partial charge in [-0.15, -0.1) is 0 Å². The van der Waals surface area contributed by atoms with Crippen molar-refractivity contribution in [2.45, 2.75) is 79.3 Å².